The van der Waals surface area contributed by atoms with E-state index in [1.54, 1.807) is 25.2 Å². The number of sulfonamides is 1. The van der Waals surface area contributed by atoms with Crippen molar-refractivity contribution < 1.29 is 21.6 Å². The number of rotatable bonds is 5. The molecule has 0 spiro atoms. The molecule has 0 aromatic heterocycles. The molecule has 1 heterocycles. The lowest BCUT2D eigenvalue weighted by Crippen LogP contribution is -2.56. The van der Waals surface area contributed by atoms with E-state index in [9.17, 15) is 21.6 Å². The Labute approximate surface area is 163 Å². The van der Waals surface area contributed by atoms with Crippen molar-refractivity contribution >= 4 is 16.0 Å². The molecular weight excluding hydrogens is 395 g/mol. The number of guanidine groups is 1. The maximum atomic E-state index is 12.9. The van der Waals surface area contributed by atoms with Gasteiger partial charge in [0.2, 0.25) is 10.0 Å². The Balaban J connectivity index is 1.95. The highest BCUT2D eigenvalue weighted by Gasteiger charge is 2.41. The monoisotopic (exact) mass is 421 g/mol. The van der Waals surface area contributed by atoms with Gasteiger partial charge in [-0.1, -0.05) is 12.1 Å². The van der Waals surface area contributed by atoms with Gasteiger partial charge < -0.3 is 10.2 Å². The first-order valence-corrected chi connectivity index (χ1v) is 10.4. The minimum atomic E-state index is -4.24. The lowest BCUT2D eigenvalue weighted by Gasteiger charge is -2.39. The first-order valence-electron chi connectivity index (χ1n) is 8.87. The maximum absolute atomic E-state index is 12.9. The lowest BCUT2D eigenvalue weighted by molar-refractivity contribution is -0.181. The standard InChI is InChI=1S/C17H26F3N5O2S/c1-13(17(18,19)20)24-7-9-25(10-8-24)16(21-2)23-12-14-5-4-6-15(11-14)28(26,27)22-3/h4-6,11,13,22H,7-10,12H2,1-3H3,(H,21,23). The largest absolute Gasteiger partial charge is 0.403 e. The number of nitrogens with zero attached hydrogens (tertiary/aromatic N) is 3. The summed E-state index contributed by atoms with van der Waals surface area (Å²) >= 11 is 0. The van der Waals surface area contributed by atoms with Gasteiger partial charge in [0.1, 0.15) is 6.04 Å². The van der Waals surface area contributed by atoms with Gasteiger partial charge >= 0.3 is 6.18 Å². The van der Waals surface area contributed by atoms with Gasteiger partial charge in [-0.15, -0.1) is 0 Å². The van der Waals surface area contributed by atoms with Crippen LogP contribution in [-0.2, 0) is 16.6 Å². The van der Waals surface area contributed by atoms with E-state index in [1.807, 2.05) is 4.90 Å². The molecule has 1 saturated heterocycles. The maximum Gasteiger partial charge on any atom is 0.403 e. The third-order valence-corrected chi connectivity index (χ3v) is 6.19. The molecule has 2 rings (SSSR count). The Morgan fingerprint density at radius 1 is 1.25 bits per heavy atom. The molecule has 0 amide bonds. The van der Waals surface area contributed by atoms with Crippen LogP contribution in [0, 0.1) is 0 Å². The molecule has 11 heteroatoms. The molecule has 1 aromatic carbocycles. The van der Waals surface area contributed by atoms with Crippen molar-refractivity contribution in [3.05, 3.63) is 29.8 Å². The van der Waals surface area contributed by atoms with E-state index in [4.69, 9.17) is 0 Å². The quantitative estimate of drug-likeness (QED) is 0.553. The number of hydrogen-bond acceptors (Lipinski definition) is 4. The topological polar surface area (TPSA) is 77.0 Å². The number of piperazine rings is 1. The van der Waals surface area contributed by atoms with Gasteiger partial charge in [-0.3, -0.25) is 9.89 Å². The molecular formula is C17H26F3N5O2S. The number of alkyl halides is 3. The molecule has 1 aromatic rings. The summed E-state index contributed by atoms with van der Waals surface area (Å²) in [6, 6.07) is 5.04. The van der Waals surface area contributed by atoms with E-state index in [1.165, 1.54) is 24.9 Å². The van der Waals surface area contributed by atoms with E-state index in [2.05, 4.69) is 15.0 Å². The number of halogens is 3. The second-order valence-corrected chi connectivity index (χ2v) is 8.38. The van der Waals surface area contributed by atoms with Crippen LogP contribution in [0.15, 0.2) is 34.2 Å². The SMILES string of the molecule is CN=C(NCc1cccc(S(=O)(=O)NC)c1)N1CCN(C(C)C(F)(F)F)CC1. The van der Waals surface area contributed by atoms with Crippen molar-refractivity contribution in [2.45, 2.75) is 30.6 Å². The zero-order valence-corrected chi connectivity index (χ0v) is 16.9. The van der Waals surface area contributed by atoms with Crippen LogP contribution in [-0.4, -0.2) is 76.7 Å². The summed E-state index contributed by atoms with van der Waals surface area (Å²) in [6.45, 7) is 2.95. The molecule has 1 aliphatic heterocycles. The molecule has 1 unspecified atom stereocenters. The molecule has 158 valence electrons. The predicted molar refractivity (Wildman–Crippen MR) is 102 cm³/mol. The third-order valence-electron chi connectivity index (χ3n) is 4.78. The average Bonchev–Trinajstić information content (AvgIpc) is 2.68. The zero-order valence-electron chi connectivity index (χ0n) is 16.1. The third kappa shape index (κ3) is 5.58. The smallest absolute Gasteiger partial charge is 0.352 e. The van der Waals surface area contributed by atoms with Gasteiger partial charge in [0, 0.05) is 39.8 Å². The normalized spacial score (nSPS) is 18.2. The van der Waals surface area contributed by atoms with Crippen LogP contribution in [0.5, 0.6) is 0 Å². The van der Waals surface area contributed by atoms with Crippen molar-refractivity contribution in [3.8, 4) is 0 Å². The van der Waals surface area contributed by atoms with Crippen LogP contribution in [0.2, 0.25) is 0 Å². The summed E-state index contributed by atoms with van der Waals surface area (Å²) in [6.07, 6.45) is -4.24. The lowest BCUT2D eigenvalue weighted by atomic mass is 10.2. The highest BCUT2D eigenvalue weighted by atomic mass is 32.2. The minimum absolute atomic E-state index is 0.166. The Hall–Kier alpha value is -1.85. The van der Waals surface area contributed by atoms with Crippen LogP contribution in [0.1, 0.15) is 12.5 Å². The highest BCUT2D eigenvalue weighted by Crippen LogP contribution is 2.25. The molecule has 28 heavy (non-hydrogen) atoms. The molecule has 0 saturated carbocycles. The van der Waals surface area contributed by atoms with Gasteiger partial charge in [-0.05, 0) is 31.7 Å². The number of nitrogens with one attached hydrogen (secondary N) is 2. The first kappa shape index (κ1) is 22.4. The molecule has 0 radical (unpaired) electrons. The van der Waals surface area contributed by atoms with Gasteiger partial charge in [-0.2, -0.15) is 13.2 Å². The van der Waals surface area contributed by atoms with E-state index in [0.29, 0.717) is 25.6 Å². The van der Waals surface area contributed by atoms with Crippen molar-refractivity contribution in [1.29, 1.82) is 0 Å². The van der Waals surface area contributed by atoms with Crippen molar-refractivity contribution in [1.82, 2.24) is 19.8 Å². The van der Waals surface area contributed by atoms with E-state index in [0.717, 1.165) is 5.56 Å². The van der Waals surface area contributed by atoms with Gasteiger partial charge in [-0.25, -0.2) is 13.1 Å². The Morgan fingerprint density at radius 3 is 2.43 bits per heavy atom. The zero-order chi connectivity index (χ0) is 20.9. The fraction of sp³-hybridized carbons (Fsp3) is 0.588. The molecule has 1 fully saturated rings. The van der Waals surface area contributed by atoms with Crippen LogP contribution in [0.25, 0.3) is 0 Å². The Kier molecular flexibility index (Phi) is 7.29. The summed E-state index contributed by atoms with van der Waals surface area (Å²) in [5.74, 6) is 0.571. The molecule has 1 atom stereocenters. The van der Waals surface area contributed by atoms with Gasteiger partial charge in [0.25, 0.3) is 0 Å². The van der Waals surface area contributed by atoms with Crippen molar-refractivity contribution in [2.75, 3.05) is 40.3 Å². The summed E-state index contributed by atoms with van der Waals surface area (Å²) in [7, 11) is -0.573. The van der Waals surface area contributed by atoms with E-state index < -0.39 is 22.2 Å². The predicted octanol–water partition coefficient (Wildman–Crippen LogP) is 1.24. The van der Waals surface area contributed by atoms with Gasteiger partial charge in [0.15, 0.2) is 5.96 Å². The molecule has 1 aliphatic rings. The van der Waals surface area contributed by atoms with E-state index in [-0.39, 0.29) is 18.0 Å². The molecule has 0 aliphatic carbocycles. The number of aliphatic imine (C=N–C) groups is 1. The first-order chi connectivity index (χ1) is 13.1. The number of hydrogen-bond donors (Lipinski definition) is 2. The van der Waals surface area contributed by atoms with Crippen LogP contribution >= 0.6 is 0 Å². The van der Waals surface area contributed by atoms with Crippen molar-refractivity contribution in [3.63, 3.8) is 0 Å². The molecule has 0 bridgehead atoms. The van der Waals surface area contributed by atoms with Crippen LogP contribution in [0.3, 0.4) is 0 Å². The Morgan fingerprint density at radius 2 is 1.89 bits per heavy atom. The molecule has 7 nitrogen and oxygen atoms in total. The summed E-state index contributed by atoms with van der Waals surface area (Å²) in [5, 5.41) is 3.15. The second-order valence-electron chi connectivity index (χ2n) is 6.50. The summed E-state index contributed by atoms with van der Waals surface area (Å²) < 4.78 is 64.7. The fourth-order valence-corrected chi connectivity index (χ4v) is 3.78. The number of benzene rings is 1. The molecule has 2 N–H and O–H groups in total. The highest BCUT2D eigenvalue weighted by molar-refractivity contribution is 7.89. The van der Waals surface area contributed by atoms with E-state index >= 15 is 0 Å². The van der Waals surface area contributed by atoms with Crippen LogP contribution in [0.4, 0.5) is 13.2 Å². The Bertz CT molecular complexity index is 790. The van der Waals surface area contributed by atoms with Crippen LogP contribution < -0.4 is 10.0 Å². The fourth-order valence-electron chi connectivity index (χ4n) is 2.98. The van der Waals surface area contributed by atoms with Crippen molar-refractivity contribution in [2.24, 2.45) is 4.99 Å². The average molecular weight is 421 g/mol. The minimum Gasteiger partial charge on any atom is -0.352 e. The van der Waals surface area contributed by atoms with Gasteiger partial charge in [0.05, 0.1) is 4.90 Å². The summed E-state index contributed by atoms with van der Waals surface area (Å²) in [4.78, 5) is 7.67. The summed E-state index contributed by atoms with van der Waals surface area (Å²) in [5.41, 5.74) is 0.752. The second kappa shape index (κ2) is 9.10.